The Morgan fingerprint density at radius 2 is 1.93 bits per heavy atom. The highest BCUT2D eigenvalue weighted by molar-refractivity contribution is 6.03. The van der Waals surface area contributed by atoms with Crippen LogP contribution in [0.4, 0.5) is 18.9 Å². The van der Waals surface area contributed by atoms with Crippen molar-refractivity contribution in [1.82, 2.24) is 20.0 Å². The van der Waals surface area contributed by atoms with E-state index in [1.807, 2.05) is 13.8 Å². The summed E-state index contributed by atoms with van der Waals surface area (Å²) in [5, 5.41) is 13.5. The predicted octanol–water partition coefficient (Wildman–Crippen LogP) is 3.58. The number of halogens is 4. The highest BCUT2D eigenvalue weighted by Crippen LogP contribution is 2.32. The number of H-pyrrole nitrogens is 1. The second-order valence-electron chi connectivity index (χ2n) is 6.41. The first kappa shape index (κ1) is 22.4. The van der Waals surface area contributed by atoms with Gasteiger partial charge < -0.3 is 11.1 Å². The van der Waals surface area contributed by atoms with Crippen LogP contribution in [-0.2, 0) is 19.8 Å². The number of hydrogen-bond acceptors (Lipinski definition) is 4. The van der Waals surface area contributed by atoms with Crippen LogP contribution in [0.5, 0.6) is 0 Å². The molecule has 7 nitrogen and oxygen atoms in total. The fourth-order valence-corrected chi connectivity index (χ4v) is 2.95. The topological polar surface area (TPSA) is 102 Å². The van der Waals surface area contributed by atoms with Crippen molar-refractivity contribution in [3.8, 4) is 11.3 Å². The van der Waals surface area contributed by atoms with Crippen LogP contribution in [0.1, 0.15) is 33.0 Å². The molecule has 2 aromatic heterocycles. The van der Waals surface area contributed by atoms with Crippen molar-refractivity contribution in [2.24, 2.45) is 12.8 Å². The van der Waals surface area contributed by atoms with Gasteiger partial charge in [-0.25, -0.2) is 0 Å². The maximum Gasteiger partial charge on any atom is 0.416 e. The van der Waals surface area contributed by atoms with E-state index in [0.717, 1.165) is 29.1 Å². The SMILES string of the molecule is Cc1nn(C)c(C)c1-c1cc(C(=O)Nc2cc(CN)cc(C(F)(F)F)c2)[nH]n1.Cl. The number of aryl methyl sites for hydroxylation is 2. The van der Waals surface area contributed by atoms with E-state index in [1.54, 1.807) is 11.7 Å². The van der Waals surface area contributed by atoms with E-state index < -0.39 is 17.6 Å². The van der Waals surface area contributed by atoms with Crippen LogP contribution in [-0.4, -0.2) is 25.9 Å². The van der Waals surface area contributed by atoms with Gasteiger partial charge in [-0.05, 0) is 43.7 Å². The molecule has 0 aliphatic rings. The molecule has 3 rings (SSSR count). The summed E-state index contributed by atoms with van der Waals surface area (Å²) in [6.45, 7) is 3.62. The zero-order valence-corrected chi connectivity index (χ0v) is 16.7. The largest absolute Gasteiger partial charge is 0.416 e. The molecule has 1 aromatic carbocycles. The van der Waals surface area contributed by atoms with Crippen molar-refractivity contribution < 1.29 is 18.0 Å². The molecule has 0 atom stereocenters. The fraction of sp³-hybridized carbons (Fsp3) is 0.278. The van der Waals surface area contributed by atoms with E-state index in [-0.39, 0.29) is 35.9 Å². The Bertz CT molecular complexity index is 1040. The number of aromatic amines is 1. The van der Waals surface area contributed by atoms with Crippen molar-refractivity contribution in [3.63, 3.8) is 0 Å². The minimum atomic E-state index is -4.54. The molecule has 0 radical (unpaired) electrons. The van der Waals surface area contributed by atoms with Gasteiger partial charge in [0.15, 0.2) is 0 Å². The fourth-order valence-electron chi connectivity index (χ4n) is 2.95. The molecule has 0 aliphatic carbocycles. The third-order valence-corrected chi connectivity index (χ3v) is 4.40. The molecular weight excluding hydrogens is 409 g/mol. The average molecular weight is 429 g/mol. The summed E-state index contributed by atoms with van der Waals surface area (Å²) in [7, 11) is 1.80. The maximum atomic E-state index is 13.0. The Morgan fingerprint density at radius 3 is 2.48 bits per heavy atom. The summed E-state index contributed by atoms with van der Waals surface area (Å²) >= 11 is 0. The predicted molar refractivity (Wildman–Crippen MR) is 105 cm³/mol. The van der Waals surface area contributed by atoms with Gasteiger partial charge in [0.2, 0.25) is 0 Å². The highest BCUT2D eigenvalue weighted by atomic mass is 35.5. The number of nitrogens with zero attached hydrogens (tertiary/aromatic N) is 3. The van der Waals surface area contributed by atoms with Crippen LogP contribution in [0.15, 0.2) is 24.3 Å². The maximum absolute atomic E-state index is 13.0. The molecule has 0 saturated heterocycles. The second kappa shape index (κ2) is 8.26. The first-order chi connectivity index (χ1) is 13.1. The number of nitrogens with one attached hydrogen (secondary N) is 2. The van der Waals surface area contributed by atoms with Crippen molar-refractivity contribution in [1.29, 1.82) is 0 Å². The van der Waals surface area contributed by atoms with E-state index in [0.29, 0.717) is 5.69 Å². The summed E-state index contributed by atoms with van der Waals surface area (Å²) in [4.78, 5) is 12.5. The first-order valence-corrected chi connectivity index (χ1v) is 8.38. The Hall–Kier alpha value is -2.85. The monoisotopic (exact) mass is 428 g/mol. The number of hydrogen-bond donors (Lipinski definition) is 3. The third-order valence-electron chi connectivity index (χ3n) is 4.40. The number of carbonyl (C=O) groups excluding carboxylic acids is 1. The van der Waals surface area contributed by atoms with Gasteiger partial charge >= 0.3 is 6.18 Å². The molecule has 0 spiro atoms. The van der Waals surface area contributed by atoms with E-state index in [1.165, 1.54) is 12.1 Å². The third kappa shape index (κ3) is 4.60. The van der Waals surface area contributed by atoms with Crippen LogP contribution >= 0.6 is 12.4 Å². The Kier molecular flexibility index (Phi) is 6.39. The van der Waals surface area contributed by atoms with Gasteiger partial charge in [-0.2, -0.15) is 23.4 Å². The molecule has 156 valence electrons. The Morgan fingerprint density at radius 1 is 1.24 bits per heavy atom. The lowest BCUT2D eigenvalue weighted by Crippen LogP contribution is -2.14. The normalized spacial score (nSPS) is 11.3. The van der Waals surface area contributed by atoms with Crippen LogP contribution in [0.3, 0.4) is 0 Å². The molecular formula is C18H20ClF3N6O. The smallest absolute Gasteiger partial charge is 0.326 e. The molecule has 1 amide bonds. The highest BCUT2D eigenvalue weighted by Gasteiger charge is 2.31. The van der Waals surface area contributed by atoms with E-state index in [9.17, 15) is 18.0 Å². The lowest BCUT2D eigenvalue weighted by atomic mass is 10.1. The molecule has 0 aliphatic heterocycles. The van der Waals surface area contributed by atoms with Crippen molar-refractivity contribution in [2.75, 3.05) is 5.32 Å². The second-order valence-corrected chi connectivity index (χ2v) is 6.41. The average Bonchev–Trinajstić information content (AvgIpc) is 3.19. The summed E-state index contributed by atoms with van der Waals surface area (Å²) in [5.41, 5.74) is 7.92. The zero-order chi connectivity index (χ0) is 20.6. The number of amides is 1. The van der Waals surface area contributed by atoms with Crippen LogP contribution in [0.25, 0.3) is 11.3 Å². The van der Waals surface area contributed by atoms with Crippen LogP contribution in [0, 0.1) is 13.8 Å². The number of aromatic nitrogens is 4. The summed E-state index contributed by atoms with van der Waals surface area (Å²) in [6, 6.07) is 4.76. The van der Waals surface area contributed by atoms with Gasteiger partial charge in [-0.3, -0.25) is 14.6 Å². The number of carbonyl (C=O) groups is 1. The Labute approximate surface area is 170 Å². The molecule has 0 unspecified atom stereocenters. The number of nitrogens with two attached hydrogens (primary N) is 1. The molecule has 2 heterocycles. The van der Waals surface area contributed by atoms with Gasteiger partial charge in [0.1, 0.15) is 5.69 Å². The molecule has 0 fully saturated rings. The molecule has 29 heavy (non-hydrogen) atoms. The number of alkyl halides is 3. The Balaban J connectivity index is 0.00000300. The van der Waals surface area contributed by atoms with Gasteiger partial charge in [-0.15, -0.1) is 12.4 Å². The van der Waals surface area contributed by atoms with E-state index in [4.69, 9.17) is 5.73 Å². The summed E-state index contributed by atoms with van der Waals surface area (Å²) in [6.07, 6.45) is -4.54. The first-order valence-electron chi connectivity index (χ1n) is 8.38. The quantitative estimate of drug-likeness (QED) is 0.591. The molecule has 11 heteroatoms. The molecule has 0 saturated carbocycles. The standard InChI is InChI=1S/C18H19F3N6O.ClH/c1-9-16(10(2)27(3)26-9)14-7-15(25-24-14)17(28)23-13-5-11(8-22)4-12(6-13)18(19,20)21;/h4-7H,8,22H2,1-3H3,(H,23,28)(H,24,25);1H. The van der Waals surface area contributed by atoms with Crippen molar-refractivity contribution in [2.45, 2.75) is 26.6 Å². The van der Waals surface area contributed by atoms with Gasteiger partial charge in [0, 0.05) is 30.5 Å². The lowest BCUT2D eigenvalue weighted by Gasteiger charge is -2.12. The van der Waals surface area contributed by atoms with Crippen molar-refractivity contribution >= 4 is 24.0 Å². The van der Waals surface area contributed by atoms with Crippen LogP contribution in [0.2, 0.25) is 0 Å². The molecule has 3 aromatic rings. The van der Waals surface area contributed by atoms with Gasteiger partial charge in [-0.1, -0.05) is 0 Å². The number of rotatable bonds is 4. The van der Waals surface area contributed by atoms with E-state index in [2.05, 4.69) is 20.6 Å². The van der Waals surface area contributed by atoms with E-state index >= 15 is 0 Å². The minimum absolute atomic E-state index is 0. The molecule has 4 N–H and O–H groups in total. The molecule has 0 bridgehead atoms. The number of anilines is 1. The lowest BCUT2D eigenvalue weighted by molar-refractivity contribution is -0.137. The summed E-state index contributed by atoms with van der Waals surface area (Å²) in [5.74, 6) is -0.611. The zero-order valence-electron chi connectivity index (χ0n) is 15.9. The number of benzene rings is 1. The summed E-state index contributed by atoms with van der Waals surface area (Å²) < 4.78 is 40.8. The van der Waals surface area contributed by atoms with Crippen molar-refractivity contribution in [3.05, 3.63) is 52.5 Å². The van der Waals surface area contributed by atoms with Gasteiger partial charge in [0.25, 0.3) is 5.91 Å². The minimum Gasteiger partial charge on any atom is -0.326 e. The van der Waals surface area contributed by atoms with Crippen LogP contribution < -0.4 is 11.1 Å². The van der Waals surface area contributed by atoms with Gasteiger partial charge in [0.05, 0.1) is 17.0 Å².